The van der Waals surface area contributed by atoms with E-state index in [0.717, 1.165) is 0 Å². The van der Waals surface area contributed by atoms with Crippen molar-refractivity contribution in [1.82, 2.24) is 0 Å². The lowest BCUT2D eigenvalue weighted by molar-refractivity contribution is -0.141. The Labute approximate surface area is 87.5 Å². The van der Waals surface area contributed by atoms with Crippen molar-refractivity contribution in [3.8, 4) is 0 Å². The molecule has 4 nitrogen and oxygen atoms in total. The standard InChI is InChI=1S/C10H10O4S/c11-10(12)8-5-7-3-1-2-4-9(7)15(13,14)6-8/h1-4,8H,5-6H2,(H,11,12). The van der Waals surface area contributed by atoms with Crippen molar-refractivity contribution in [1.29, 1.82) is 0 Å². The summed E-state index contributed by atoms with van der Waals surface area (Å²) in [6, 6.07) is 6.57. The SMILES string of the molecule is O=C(O)C1Cc2ccccc2S(=O)(=O)C1. The first-order chi connectivity index (χ1) is 7.00. The van der Waals surface area contributed by atoms with E-state index in [2.05, 4.69) is 0 Å². The van der Waals surface area contributed by atoms with Crippen LogP contribution in [0, 0.1) is 5.92 Å². The van der Waals surface area contributed by atoms with Gasteiger partial charge in [-0.05, 0) is 18.1 Å². The van der Waals surface area contributed by atoms with Gasteiger partial charge in [0.15, 0.2) is 9.84 Å². The van der Waals surface area contributed by atoms with E-state index < -0.39 is 21.7 Å². The molecule has 80 valence electrons. The van der Waals surface area contributed by atoms with Crippen LogP contribution in [0.1, 0.15) is 5.56 Å². The molecule has 1 atom stereocenters. The Morgan fingerprint density at radius 3 is 2.67 bits per heavy atom. The molecule has 0 aliphatic carbocycles. The summed E-state index contributed by atoms with van der Waals surface area (Å²) in [5.74, 6) is -2.16. The number of benzene rings is 1. The molecule has 15 heavy (non-hydrogen) atoms. The van der Waals surface area contributed by atoms with Gasteiger partial charge >= 0.3 is 5.97 Å². The maximum Gasteiger partial charge on any atom is 0.307 e. The molecule has 1 N–H and O–H groups in total. The number of hydrogen-bond donors (Lipinski definition) is 1. The summed E-state index contributed by atoms with van der Waals surface area (Å²) in [4.78, 5) is 11.1. The molecule has 0 bridgehead atoms. The van der Waals surface area contributed by atoms with Gasteiger partial charge in [0.2, 0.25) is 0 Å². The molecule has 1 aliphatic rings. The van der Waals surface area contributed by atoms with Gasteiger partial charge in [-0.3, -0.25) is 4.79 Å². The summed E-state index contributed by atoms with van der Waals surface area (Å²) in [7, 11) is -3.42. The maximum atomic E-state index is 11.7. The van der Waals surface area contributed by atoms with Crippen molar-refractivity contribution in [2.75, 3.05) is 5.75 Å². The van der Waals surface area contributed by atoms with Gasteiger partial charge in [0.05, 0.1) is 16.6 Å². The molecule has 0 fully saturated rings. The van der Waals surface area contributed by atoms with Gasteiger partial charge in [0.1, 0.15) is 0 Å². The van der Waals surface area contributed by atoms with Crippen LogP contribution in [0.15, 0.2) is 29.2 Å². The Hall–Kier alpha value is -1.36. The largest absolute Gasteiger partial charge is 0.481 e. The number of carboxylic acids is 1. The highest BCUT2D eigenvalue weighted by molar-refractivity contribution is 7.91. The zero-order valence-electron chi connectivity index (χ0n) is 7.88. The lowest BCUT2D eigenvalue weighted by atomic mass is 10.0. The Kier molecular flexibility index (Phi) is 2.26. The number of sulfone groups is 1. The fourth-order valence-corrected chi connectivity index (χ4v) is 3.62. The highest BCUT2D eigenvalue weighted by Crippen LogP contribution is 2.27. The van der Waals surface area contributed by atoms with Gasteiger partial charge in [-0.2, -0.15) is 0 Å². The number of hydrogen-bond acceptors (Lipinski definition) is 3. The Bertz CT molecular complexity index is 504. The summed E-state index contributed by atoms with van der Waals surface area (Å²) in [5, 5.41) is 8.83. The normalized spacial score (nSPS) is 23.1. The number of carbonyl (C=O) groups is 1. The second-order valence-electron chi connectivity index (χ2n) is 3.63. The first-order valence-corrected chi connectivity index (χ1v) is 6.19. The zero-order valence-corrected chi connectivity index (χ0v) is 8.70. The molecule has 1 unspecified atom stereocenters. The number of fused-ring (bicyclic) bond motifs is 1. The molecule has 1 heterocycles. The first-order valence-electron chi connectivity index (χ1n) is 4.54. The number of carboxylic acid groups (broad SMARTS) is 1. The molecule has 0 saturated carbocycles. The van der Waals surface area contributed by atoms with Crippen LogP contribution in [0.25, 0.3) is 0 Å². The fourth-order valence-electron chi connectivity index (χ4n) is 1.81. The lowest BCUT2D eigenvalue weighted by Crippen LogP contribution is -2.30. The molecular formula is C10H10O4S. The van der Waals surface area contributed by atoms with E-state index in [9.17, 15) is 13.2 Å². The molecule has 1 aromatic rings. The van der Waals surface area contributed by atoms with Gasteiger partial charge in [0.25, 0.3) is 0 Å². The van der Waals surface area contributed by atoms with Crippen molar-refractivity contribution < 1.29 is 18.3 Å². The van der Waals surface area contributed by atoms with E-state index in [0.29, 0.717) is 12.0 Å². The molecule has 0 radical (unpaired) electrons. The van der Waals surface area contributed by atoms with Crippen molar-refractivity contribution in [2.45, 2.75) is 11.3 Å². The molecule has 0 saturated heterocycles. The van der Waals surface area contributed by atoms with Crippen molar-refractivity contribution >= 4 is 15.8 Å². The molecule has 5 heteroatoms. The Balaban J connectivity index is 2.53. The highest BCUT2D eigenvalue weighted by Gasteiger charge is 2.33. The Morgan fingerprint density at radius 2 is 2.00 bits per heavy atom. The molecule has 0 spiro atoms. The van der Waals surface area contributed by atoms with Gasteiger partial charge < -0.3 is 5.11 Å². The summed E-state index contributed by atoms with van der Waals surface area (Å²) in [6.07, 6.45) is 0.296. The Morgan fingerprint density at radius 1 is 1.33 bits per heavy atom. The maximum absolute atomic E-state index is 11.7. The quantitative estimate of drug-likeness (QED) is 0.765. The van der Waals surface area contributed by atoms with Crippen molar-refractivity contribution in [3.63, 3.8) is 0 Å². The molecule has 0 aromatic heterocycles. The summed E-state index contributed by atoms with van der Waals surface area (Å²) >= 11 is 0. The summed E-state index contributed by atoms with van der Waals surface area (Å²) in [5.41, 5.74) is 0.608. The summed E-state index contributed by atoms with van der Waals surface area (Å²) < 4.78 is 23.4. The van der Waals surface area contributed by atoms with E-state index in [1.54, 1.807) is 18.2 Å². The predicted molar refractivity (Wildman–Crippen MR) is 53.3 cm³/mol. The van der Waals surface area contributed by atoms with Crippen LogP contribution in [0.2, 0.25) is 0 Å². The minimum Gasteiger partial charge on any atom is -0.481 e. The lowest BCUT2D eigenvalue weighted by Gasteiger charge is -2.21. The average Bonchev–Trinajstić information content (AvgIpc) is 2.16. The van der Waals surface area contributed by atoms with Crippen LogP contribution in [-0.2, 0) is 21.1 Å². The smallest absolute Gasteiger partial charge is 0.307 e. The minimum atomic E-state index is -3.42. The molecule has 1 aromatic carbocycles. The number of aliphatic carboxylic acids is 1. The molecule has 0 amide bonds. The summed E-state index contributed by atoms with van der Waals surface area (Å²) in [6.45, 7) is 0. The predicted octanol–water partition coefficient (Wildman–Crippen LogP) is 0.717. The average molecular weight is 226 g/mol. The highest BCUT2D eigenvalue weighted by atomic mass is 32.2. The molecule has 1 aliphatic heterocycles. The zero-order chi connectivity index (χ0) is 11.1. The monoisotopic (exact) mass is 226 g/mol. The topological polar surface area (TPSA) is 71.4 Å². The third-order valence-electron chi connectivity index (χ3n) is 2.54. The minimum absolute atomic E-state index is 0.280. The first kappa shape index (κ1) is 10.2. The van der Waals surface area contributed by atoms with Crippen LogP contribution < -0.4 is 0 Å². The van der Waals surface area contributed by atoms with Gasteiger partial charge in [-0.15, -0.1) is 0 Å². The second-order valence-corrected chi connectivity index (χ2v) is 5.63. The van der Waals surface area contributed by atoms with Gasteiger partial charge in [-0.25, -0.2) is 8.42 Å². The van der Waals surface area contributed by atoms with Crippen LogP contribution in [0.3, 0.4) is 0 Å². The van der Waals surface area contributed by atoms with Crippen LogP contribution >= 0.6 is 0 Å². The van der Waals surface area contributed by atoms with Crippen molar-refractivity contribution in [3.05, 3.63) is 29.8 Å². The molecule has 2 rings (SSSR count). The second kappa shape index (κ2) is 3.34. The third kappa shape index (κ3) is 1.74. The van der Waals surface area contributed by atoms with E-state index >= 15 is 0 Å². The van der Waals surface area contributed by atoms with Crippen molar-refractivity contribution in [2.24, 2.45) is 5.92 Å². The van der Waals surface area contributed by atoms with E-state index in [4.69, 9.17) is 5.11 Å². The van der Waals surface area contributed by atoms with Crippen LogP contribution in [-0.4, -0.2) is 25.2 Å². The third-order valence-corrected chi connectivity index (χ3v) is 4.45. The van der Waals surface area contributed by atoms with E-state index in [1.807, 2.05) is 0 Å². The number of rotatable bonds is 1. The molecular weight excluding hydrogens is 216 g/mol. The van der Waals surface area contributed by atoms with Gasteiger partial charge in [0, 0.05) is 0 Å². The fraction of sp³-hybridized carbons (Fsp3) is 0.300. The van der Waals surface area contributed by atoms with E-state index in [1.165, 1.54) is 6.07 Å². The van der Waals surface area contributed by atoms with Crippen LogP contribution in [0.4, 0.5) is 0 Å². The van der Waals surface area contributed by atoms with Gasteiger partial charge in [-0.1, -0.05) is 18.2 Å². The van der Waals surface area contributed by atoms with E-state index in [-0.39, 0.29) is 10.6 Å². The van der Waals surface area contributed by atoms with Crippen LogP contribution in [0.5, 0.6) is 0 Å².